The maximum Gasteiger partial charge on any atom is 0.254 e. The Morgan fingerprint density at radius 1 is 1.58 bits per heavy atom. The van der Waals surface area contributed by atoms with Gasteiger partial charge in [0.25, 0.3) is 5.91 Å². The fourth-order valence-corrected chi connectivity index (χ4v) is 2.06. The molecule has 1 heterocycles. The first-order valence-corrected chi connectivity index (χ1v) is 7.76. The normalized spacial score (nSPS) is 12.2. The fourth-order valence-electron chi connectivity index (χ4n) is 2.06. The molecule has 7 nitrogen and oxygen atoms in total. The molecular weight excluding hydrogens is 304 g/mol. The lowest BCUT2D eigenvalue weighted by Crippen LogP contribution is -2.39. The zero-order valence-electron chi connectivity index (χ0n) is 14.4. The van der Waals surface area contributed by atoms with E-state index in [4.69, 9.17) is 11.0 Å². The number of carbonyl (C=O) groups excluding carboxylic acids is 1. The van der Waals surface area contributed by atoms with E-state index in [1.165, 1.54) is 7.05 Å². The smallest absolute Gasteiger partial charge is 0.254 e. The number of hydrogen-bond donors (Lipinski definition) is 2. The molecule has 0 aromatic carbocycles. The van der Waals surface area contributed by atoms with Crippen molar-refractivity contribution in [2.45, 2.75) is 26.3 Å². The molecule has 1 aromatic heterocycles. The Balaban J connectivity index is 2.57. The highest BCUT2D eigenvalue weighted by molar-refractivity contribution is 6.19. The highest BCUT2D eigenvalue weighted by atomic mass is 16.1. The number of anilines is 1. The Bertz CT molecular complexity index is 644. The van der Waals surface area contributed by atoms with Gasteiger partial charge in [-0.3, -0.25) is 9.79 Å². The lowest BCUT2D eigenvalue weighted by Gasteiger charge is -2.24. The highest BCUT2D eigenvalue weighted by Gasteiger charge is 2.14. The molecule has 0 saturated carbocycles. The third-order valence-electron chi connectivity index (χ3n) is 3.62. The second kappa shape index (κ2) is 9.30. The molecule has 128 valence electrons. The Morgan fingerprint density at radius 2 is 2.29 bits per heavy atom. The minimum Gasteiger partial charge on any atom is -0.383 e. The van der Waals surface area contributed by atoms with Crippen LogP contribution in [0.4, 0.5) is 5.82 Å². The minimum atomic E-state index is -0.315. The van der Waals surface area contributed by atoms with Crippen molar-refractivity contribution in [2.24, 2.45) is 10.7 Å². The van der Waals surface area contributed by atoms with E-state index in [9.17, 15) is 4.79 Å². The van der Waals surface area contributed by atoms with E-state index in [0.29, 0.717) is 5.56 Å². The van der Waals surface area contributed by atoms with Gasteiger partial charge in [-0.05, 0) is 32.4 Å². The molecule has 3 N–H and O–H groups in total. The van der Waals surface area contributed by atoms with Crippen LogP contribution < -0.4 is 16.0 Å². The zero-order chi connectivity index (χ0) is 18.1. The molecule has 1 atom stereocenters. The number of aliphatic imine (C=N–C) groups is 1. The summed E-state index contributed by atoms with van der Waals surface area (Å²) < 4.78 is 0. The number of pyridine rings is 1. The van der Waals surface area contributed by atoms with Crippen molar-refractivity contribution in [1.29, 1.82) is 5.26 Å². The summed E-state index contributed by atoms with van der Waals surface area (Å²) in [6.45, 7) is 9.09. The van der Waals surface area contributed by atoms with Gasteiger partial charge >= 0.3 is 0 Å². The van der Waals surface area contributed by atoms with Gasteiger partial charge in [0, 0.05) is 32.4 Å². The Hall–Kier alpha value is -2.88. The molecule has 0 fully saturated rings. The molecule has 1 aromatic rings. The number of rotatable bonds is 8. The summed E-state index contributed by atoms with van der Waals surface area (Å²) in [4.78, 5) is 22.1. The van der Waals surface area contributed by atoms with Crippen molar-refractivity contribution in [1.82, 2.24) is 10.3 Å². The first-order chi connectivity index (χ1) is 11.4. The van der Waals surface area contributed by atoms with Crippen LogP contribution in [0.5, 0.6) is 0 Å². The molecule has 24 heavy (non-hydrogen) atoms. The van der Waals surface area contributed by atoms with Crippen LogP contribution in [0.15, 0.2) is 35.5 Å². The summed E-state index contributed by atoms with van der Waals surface area (Å²) in [5.74, 6) is 0.628. The average Bonchev–Trinajstić information content (AvgIpc) is 2.61. The van der Waals surface area contributed by atoms with Crippen molar-refractivity contribution in [3.05, 3.63) is 36.0 Å². The number of amidine groups is 1. The molecule has 1 unspecified atom stereocenters. The lowest BCUT2D eigenvalue weighted by atomic mass is 10.2. The van der Waals surface area contributed by atoms with Crippen LogP contribution in [-0.4, -0.2) is 42.9 Å². The molecule has 7 heteroatoms. The van der Waals surface area contributed by atoms with Gasteiger partial charge in [-0.1, -0.05) is 6.58 Å². The maximum absolute atomic E-state index is 12.0. The average molecular weight is 328 g/mol. The van der Waals surface area contributed by atoms with Gasteiger partial charge in [-0.25, -0.2) is 4.98 Å². The zero-order valence-corrected chi connectivity index (χ0v) is 14.4. The Morgan fingerprint density at radius 3 is 2.79 bits per heavy atom. The molecule has 1 rings (SSSR count). The number of nitrogens with one attached hydrogen (secondary N) is 1. The third kappa shape index (κ3) is 5.39. The van der Waals surface area contributed by atoms with Crippen molar-refractivity contribution in [3.8, 4) is 6.07 Å². The van der Waals surface area contributed by atoms with Crippen LogP contribution in [0.2, 0.25) is 0 Å². The summed E-state index contributed by atoms with van der Waals surface area (Å²) in [7, 11) is 1.51. The van der Waals surface area contributed by atoms with Crippen molar-refractivity contribution in [3.63, 3.8) is 0 Å². The van der Waals surface area contributed by atoms with Gasteiger partial charge in [-0.2, -0.15) is 5.26 Å². The molecule has 0 aliphatic carbocycles. The lowest BCUT2D eigenvalue weighted by molar-refractivity contribution is -0.117. The van der Waals surface area contributed by atoms with E-state index in [1.54, 1.807) is 12.3 Å². The van der Waals surface area contributed by atoms with E-state index in [-0.39, 0.29) is 23.4 Å². The number of hydrogen-bond acceptors (Lipinski definition) is 5. The van der Waals surface area contributed by atoms with Crippen LogP contribution in [0.3, 0.4) is 0 Å². The van der Waals surface area contributed by atoms with Gasteiger partial charge in [0.2, 0.25) is 0 Å². The quantitative estimate of drug-likeness (QED) is 0.424. The van der Waals surface area contributed by atoms with Crippen LogP contribution in [0.25, 0.3) is 0 Å². The van der Waals surface area contributed by atoms with Gasteiger partial charge in [0.1, 0.15) is 17.7 Å². The molecule has 0 radical (unpaired) electrons. The van der Waals surface area contributed by atoms with Gasteiger partial charge in [0.05, 0.1) is 11.1 Å². The number of amides is 1. The summed E-state index contributed by atoms with van der Waals surface area (Å²) >= 11 is 0. The van der Waals surface area contributed by atoms with E-state index in [0.717, 1.165) is 25.3 Å². The van der Waals surface area contributed by atoms with Crippen molar-refractivity contribution < 1.29 is 4.79 Å². The number of carbonyl (C=O) groups is 1. The summed E-state index contributed by atoms with van der Waals surface area (Å²) in [6.07, 6.45) is 2.29. The second-order valence-electron chi connectivity index (χ2n) is 5.35. The number of aromatic nitrogens is 1. The van der Waals surface area contributed by atoms with E-state index < -0.39 is 0 Å². The van der Waals surface area contributed by atoms with Gasteiger partial charge < -0.3 is 16.0 Å². The topological polar surface area (TPSA) is 107 Å². The van der Waals surface area contributed by atoms with Crippen LogP contribution in [-0.2, 0) is 4.79 Å². The summed E-state index contributed by atoms with van der Waals surface area (Å²) in [5.41, 5.74) is 6.29. The Kier molecular flexibility index (Phi) is 7.43. The molecule has 0 aliphatic rings. The molecule has 0 bridgehead atoms. The van der Waals surface area contributed by atoms with Crippen molar-refractivity contribution in [2.75, 3.05) is 25.0 Å². The number of nitriles is 1. The first kappa shape index (κ1) is 19.2. The monoisotopic (exact) mass is 328 g/mol. The molecule has 1 amide bonds. The number of nitrogens with zero attached hydrogens (tertiary/aromatic N) is 4. The molecule has 0 aliphatic heterocycles. The third-order valence-corrected chi connectivity index (χ3v) is 3.62. The second-order valence-corrected chi connectivity index (χ2v) is 5.35. The van der Waals surface area contributed by atoms with Crippen LogP contribution >= 0.6 is 0 Å². The van der Waals surface area contributed by atoms with Crippen molar-refractivity contribution >= 4 is 17.6 Å². The standard InChI is InChI=1S/C17H24N6O/c1-5-23(15-7-6-14(10-18)11-21-15)9-8-12(2)22-17(24)13(3)16(19)20-4/h6-7,11-12H,3,5,8-9H2,1-2,4H3,(H2,19,20)(H,22,24). The van der Waals surface area contributed by atoms with Gasteiger partial charge in [0.15, 0.2) is 0 Å². The van der Waals surface area contributed by atoms with E-state index in [1.807, 2.05) is 19.9 Å². The first-order valence-electron chi connectivity index (χ1n) is 7.76. The number of nitrogens with two attached hydrogens (primary N) is 1. The minimum absolute atomic E-state index is 0.0497. The van der Waals surface area contributed by atoms with E-state index >= 15 is 0 Å². The highest BCUT2D eigenvalue weighted by Crippen LogP contribution is 2.12. The molecule has 0 spiro atoms. The molecular formula is C17H24N6O. The predicted octanol–water partition coefficient (Wildman–Crippen LogP) is 1.22. The van der Waals surface area contributed by atoms with Gasteiger partial charge in [-0.15, -0.1) is 0 Å². The predicted molar refractivity (Wildman–Crippen MR) is 95.7 cm³/mol. The SMILES string of the molecule is C=C(C(=O)NC(C)CCN(CC)c1ccc(C#N)cn1)C(N)=NC. The van der Waals surface area contributed by atoms with Crippen LogP contribution in [0.1, 0.15) is 25.8 Å². The van der Waals surface area contributed by atoms with E-state index in [2.05, 4.69) is 32.8 Å². The summed E-state index contributed by atoms with van der Waals surface area (Å²) in [5, 5.41) is 11.7. The summed E-state index contributed by atoms with van der Waals surface area (Å²) in [6, 6.07) is 5.57. The fraction of sp³-hybridized carbons (Fsp3) is 0.412. The molecule has 0 saturated heterocycles. The van der Waals surface area contributed by atoms with Crippen LogP contribution in [0, 0.1) is 11.3 Å². The Labute approximate surface area is 142 Å². The largest absolute Gasteiger partial charge is 0.383 e. The maximum atomic E-state index is 12.0.